The molecule has 0 radical (unpaired) electrons. The zero-order valence-corrected chi connectivity index (χ0v) is 14.0. The summed E-state index contributed by atoms with van der Waals surface area (Å²) in [7, 11) is 0. The zero-order valence-electron chi connectivity index (χ0n) is 12.4. The van der Waals surface area contributed by atoms with E-state index in [2.05, 4.69) is 15.4 Å². The number of carbonyl (C=O) groups is 1. The van der Waals surface area contributed by atoms with Crippen LogP contribution < -0.4 is 5.32 Å². The Labute approximate surface area is 136 Å². The van der Waals surface area contributed by atoms with Crippen LogP contribution in [0, 0.1) is 5.41 Å². The Balaban J connectivity index is 1.95. The second-order valence-corrected chi connectivity index (χ2v) is 7.23. The van der Waals surface area contributed by atoms with Crippen LogP contribution in [0.1, 0.15) is 20.8 Å². The fourth-order valence-electron chi connectivity index (χ4n) is 1.84. The number of rotatable bonds is 2. The van der Waals surface area contributed by atoms with Crippen molar-refractivity contribution in [3.05, 3.63) is 34.7 Å². The van der Waals surface area contributed by atoms with Crippen molar-refractivity contribution in [2.24, 2.45) is 5.41 Å². The first-order chi connectivity index (χ1) is 10.3. The van der Waals surface area contributed by atoms with Crippen molar-refractivity contribution in [3.63, 3.8) is 0 Å². The first-order valence-electron chi connectivity index (χ1n) is 6.76. The summed E-state index contributed by atoms with van der Waals surface area (Å²) in [4.78, 5) is 17.1. The standard InChI is InChI=1S/C15H15ClN4OS/c1-15(2,3)12(21)17-13-18-14-20(19-13)11(8-22-14)9-4-6-10(16)7-5-9/h4-8H,1-3H3,(H,17,19,21). The summed E-state index contributed by atoms with van der Waals surface area (Å²) in [5, 5.41) is 9.79. The van der Waals surface area contributed by atoms with E-state index in [0.717, 1.165) is 16.2 Å². The van der Waals surface area contributed by atoms with E-state index in [1.165, 1.54) is 11.3 Å². The highest BCUT2D eigenvalue weighted by Gasteiger charge is 2.23. The van der Waals surface area contributed by atoms with Gasteiger partial charge in [-0.3, -0.25) is 10.1 Å². The van der Waals surface area contributed by atoms with Gasteiger partial charge in [-0.15, -0.1) is 16.4 Å². The van der Waals surface area contributed by atoms with Gasteiger partial charge in [-0.2, -0.15) is 4.98 Å². The number of benzene rings is 1. The summed E-state index contributed by atoms with van der Waals surface area (Å²) in [5.74, 6) is 0.209. The van der Waals surface area contributed by atoms with E-state index in [-0.39, 0.29) is 5.91 Å². The Morgan fingerprint density at radius 1 is 1.27 bits per heavy atom. The molecule has 0 aliphatic rings. The molecule has 0 fully saturated rings. The van der Waals surface area contributed by atoms with E-state index in [4.69, 9.17) is 11.6 Å². The molecule has 0 atom stereocenters. The lowest BCUT2D eigenvalue weighted by atomic mass is 9.96. The van der Waals surface area contributed by atoms with Gasteiger partial charge in [0.2, 0.25) is 16.8 Å². The summed E-state index contributed by atoms with van der Waals surface area (Å²) in [5.41, 5.74) is 1.42. The van der Waals surface area contributed by atoms with Gasteiger partial charge in [0.15, 0.2) is 0 Å². The number of hydrogen-bond donors (Lipinski definition) is 1. The number of aromatic nitrogens is 3. The number of nitrogens with zero attached hydrogens (tertiary/aromatic N) is 3. The first kappa shape index (κ1) is 15.0. The normalized spacial score (nSPS) is 11.8. The number of fused-ring (bicyclic) bond motifs is 1. The lowest BCUT2D eigenvalue weighted by molar-refractivity contribution is -0.123. The molecule has 0 saturated carbocycles. The van der Waals surface area contributed by atoms with Gasteiger partial charge in [-0.05, 0) is 12.1 Å². The molecule has 3 rings (SSSR count). The average Bonchev–Trinajstić information content (AvgIpc) is 2.98. The third-order valence-electron chi connectivity index (χ3n) is 3.13. The van der Waals surface area contributed by atoms with Gasteiger partial charge in [-0.1, -0.05) is 44.5 Å². The number of anilines is 1. The molecule has 0 aliphatic heterocycles. The van der Waals surface area contributed by atoms with Gasteiger partial charge >= 0.3 is 0 Å². The molecule has 114 valence electrons. The summed E-state index contributed by atoms with van der Waals surface area (Å²) < 4.78 is 1.73. The number of amides is 1. The van der Waals surface area contributed by atoms with Crippen molar-refractivity contribution in [2.45, 2.75) is 20.8 Å². The molecule has 0 saturated heterocycles. The highest BCUT2D eigenvalue weighted by atomic mass is 35.5. The fourth-order valence-corrected chi connectivity index (χ4v) is 2.80. The number of halogens is 1. The predicted octanol–water partition coefficient (Wildman–Crippen LogP) is 4.10. The van der Waals surface area contributed by atoms with Crippen molar-refractivity contribution < 1.29 is 4.79 Å². The summed E-state index contributed by atoms with van der Waals surface area (Å²) in [6, 6.07) is 7.52. The Bertz CT molecular complexity index is 829. The Hall–Kier alpha value is -1.92. The van der Waals surface area contributed by atoms with Crippen LogP contribution >= 0.6 is 22.9 Å². The molecule has 3 aromatic rings. The fraction of sp³-hybridized carbons (Fsp3) is 0.267. The van der Waals surface area contributed by atoms with E-state index >= 15 is 0 Å². The molecule has 2 aromatic heterocycles. The maximum Gasteiger partial charge on any atom is 0.250 e. The Morgan fingerprint density at radius 3 is 2.59 bits per heavy atom. The van der Waals surface area contributed by atoms with E-state index < -0.39 is 5.41 Å². The van der Waals surface area contributed by atoms with Crippen molar-refractivity contribution in [2.75, 3.05) is 5.32 Å². The quantitative estimate of drug-likeness (QED) is 0.767. The molecule has 1 aromatic carbocycles. The maximum absolute atomic E-state index is 12.0. The summed E-state index contributed by atoms with van der Waals surface area (Å²) in [6.07, 6.45) is 0. The van der Waals surface area contributed by atoms with Gasteiger partial charge in [0, 0.05) is 21.4 Å². The molecule has 0 bridgehead atoms. The summed E-state index contributed by atoms with van der Waals surface area (Å²) >= 11 is 7.39. The van der Waals surface area contributed by atoms with Crippen molar-refractivity contribution in [1.82, 2.24) is 14.6 Å². The number of nitrogens with one attached hydrogen (secondary N) is 1. The van der Waals surface area contributed by atoms with E-state index in [9.17, 15) is 4.79 Å². The summed E-state index contributed by atoms with van der Waals surface area (Å²) in [6.45, 7) is 5.54. The Morgan fingerprint density at radius 2 is 1.95 bits per heavy atom. The van der Waals surface area contributed by atoms with Crippen LogP contribution in [0.3, 0.4) is 0 Å². The molecule has 5 nitrogen and oxygen atoms in total. The topological polar surface area (TPSA) is 59.3 Å². The monoisotopic (exact) mass is 334 g/mol. The SMILES string of the molecule is CC(C)(C)C(=O)Nc1nc2scc(-c3ccc(Cl)cc3)n2n1. The smallest absolute Gasteiger partial charge is 0.250 e. The van der Waals surface area contributed by atoms with E-state index in [1.807, 2.05) is 50.4 Å². The highest BCUT2D eigenvalue weighted by Crippen LogP contribution is 2.27. The molecule has 1 N–H and O–H groups in total. The first-order valence-corrected chi connectivity index (χ1v) is 8.02. The highest BCUT2D eigenvalue weighted by molar-refractivity contribution is 7.15. The van der Waals surface area contributed by atoms with E-state index in [1.54, 1.807) is 4.52 Å². The van der Waals surface area contributed by atoms with Crippen molar-refractivity contribution in [3.8, 4) is 11.3 Å². The average molecular weight is 335 g/mol. The van der Waals surface area contributed by atoms with Gasteiger partial charge in [0.1, 0.15) is 0 Å². The van der Waals surface area contributed by atoms with Gasteiger partial charge in [0.25, 0.3) is 0 Å². The second-order valence-electron chi connectivity index (χ2n) is 5.96. The third kappa shape index (κ3) is 2.84. The maximum atomic E-state index is 12.0. The molecule has 1 amide bonds. The van der Waals surface area contributed by atoms with Crippen LogP contribution in [-0.4, -0.2) is 20.5 Å². The Kier molecular flexibility index (Phi) is 3.66. The van der Waals surface area contributed by atoms with Crippen LogP contribution in [0.15, 0.2) is 29.6 Å². The lowest BCUT2D eigenvalue weighted by Gasteiger charge is -2.15. The number of hydrogen-bond acceptors (Lipinski definition) is 4. The van der Waals surface area contributed by atoms with Gasteiger partial charge < -0.3 is 0 Å². The third-order valence-corrected chi connectivity index (χ3v) is 4.20. The predicted molar refractivity (Wildman–Crippen MR) is 89.4 cm³/mol. The molecule has 2 heterocycles. The minimum Gasteiger partial charge on any atom is -0.293 e. The second kappa shape index (κ2) is 5.37. The lowest BCUT2D eigenvalue weighted by Crippen LogP contribution is -2.28. The molecular weight excluding hydrogens is 320 g/mol. The molecular formula is C15H15ClN4OS. The molecule has 0 unspecified atom stereocenters. The van der Waals surface area contributed by atoms with Crippen LogP contribution in [0.2, 0.25) is 5.02 Å². The van der Waals surface area contributed by atoms with E-state index in [0.29, 0.717) is 11.0 Å². The van der Waals surface area contributed by atoms with Crippen molar-refractivity contribution in [1.29, 1.82) is 0 Å². The molecule has 0 spiro atoms. The largest absolute Gasteiger partial charge is 0.293 e. The zero-order chi connectivity index (χ0) is 15.9. The van der Waals surface area contributed by atoms with Crippen LogP contribution in [0.4, 0.5) is 5.95 Å². The number of carbonyl (C=O) groups excluding carboxylic acids is 1. The minimum atomic E-state index is -0.488. The van der Waals surface area contributed by atoms with Crippen LogP contribution in [0.25, 0.3) is 16.2 Å². The van der Waals surface area contributed by atoms with Crippen molar-refractivity contribution >= 4 is 39.8 Å². The van der Waals surface area contributed by atoms with Gasteiger partial charge in [0.05, 0.1) is 5.69 Å². The minimum absolute atomic E-state index is 0.112. The molecule has 7 heteroatoms. The van der Waals surface area contributed by atoms with Crippen LogP contribution in [-0.2, 0) is 4.79 Å². The molecule has 0 aliphatic carbocycles. The van der Waals surface area contributed by atoms with Gasteiger partial charge in [-0.25, -0.2) is 4.52 Å². The van der Waals surface area contributed by atoms with Crippen LogP contribution in [0.5, 0.6) is 0 Å². The number of thiazole rings is 1. The molecule has 22 heavy (non-hydrogen) atoms.